The van der Waals surface area contributed by atoms with E-state index in [9.17, 15) is 9.59 Å². The summed E-state index contributed by atoms with van der Waals surface area (Å²) in [4.78, 5) is 42.6. The predicted molar refractivity (Wildman–Crippen MR) is 215 cm³/mol. The first-order valence-corrected chi connectivity index (χ1v) is 18.0. The first-order valence-electron chi connectivity index (χ1n) is 18.0. The molecule has 0 spiro atoms. The highest BCUT2D eigenvalue weighted by molar-refractivity contribution is 6.08. The van der Waals surface area contributed by atoms with Gasteiger partial charge in [-0.15, -0.1) is 0 Å². The van der Waals surface area contributed by atoms with E-state index in [0.717, 1.165) is 48.0 Å². The molecule has 4 rings (SSSR count). The maximum atomic E-state index is 12.3. The molecule has 54 heavy (non-hydrogen) atoms. The molecule has 0 aliphatic heterocycles. The lowest BCUT2D eigenvalue weighted by Crippen LogP contribution is -2.36. The zero-order valence-corrected chi connectivity index (χ0v) is 33.3. The normalized spacial score (nSPS) is 12.0. The van der Waals surface area contributed by atoms with Gasteiger partial charge < -0.3 is 50.2 Å². The van der Waals surface area contributed by atoms with Crippen LogP contribution < -0.4 is 41.0 Å². The number of carbonyl (C=O) groups excluding carboxylic acids is 2. The largest absolute Gasteiger partial charge is 0.492 e. The smallest absolute Gasteiger partial charge is 0.274 e. The third kappa shape index (κ3) is 12.9. The van der Waals surface area contributed by atoms with E-state index in [0.29, 0.717) is 47.6 Å². The SMILES string of the molecule is CCN(CC)CCOc1cc(OC(C)C)c2cc(C(=O)NC(N)=NC)[nH]c2c1.CN=C(N)NC(=O)c1cc2c(OC(C)C)cc(OCCN(C)C)cc2[nH]1. The lowest BCUT2D eigenvalue weighted by atomic mass is 10.2. The molecule has 2 heterocycles. The molecule has 2 amide bonds. The molecule has 0 radical (unpaired) electrons. The molecule has 0 bridgehead atoms. The van der Waals surface area contributed by atoms with Gasteiger partial charge >= 0.3 is 0 Å². The Labute approximate surface area is 317 Å². The van der Waals surface area contributed by atoms with Crippen molar-refractivity contribution >= 4 is 45.5 Å². The van der Waals surface area contributed by atoms with Gasteiger partial charge in [0.15, 0.2) is 11.9 Å². The fourth-order valence-corrected chi connectivity index (χ4v) is 5.13. The van der Waals surface area contributed by atoms with Crippen molar-refractivity contribution in [2.24, 2.45) is 21.5 Å². The highest BCUT2D eigenvalue weighted by Crippen LogP contribution is 2.34. The van der Waals surface area contributed by atoms with Crippen LogP contribution in [-0.4, -0.2) is 123 Å². The number of rotatable bonds is 16. The molecule has 0 atom stereocenters. The van der Waals surface area contributed by atoms with Crippen molar-refractivity contribution in [2.45, 2.75) is 53.8 Å². The van der Waals surface area contributed by atoms with E-state index in [-0.39, 0.29) is 35.9 Å². The number of ether oxygens (including phenoxy) is 4. The van der Waals surface area contributed by atoms with Crippen molar-refractivity contribution in [2.75, 3.05) is 67.6 Å². The van der Waals surface area contributed by atoms with Gasteiger partial charge in [0.05, 0.1) is 23.2 Å². The molecule has 8 N–H and O–H groups in total. The standard InChI is InChI=1S/C20H31N5O3.C18H27N5O3/c1-6-25(7-2)8-9-27-14-10-16-15(18(11-14)28-13(3)4)12-17(23-16)19(26)24-20(21)22-5;1-11(2)26-16-9-12(25-7-6-23(4)5)8-14-13(16)10-15(21-14)17(24)22-18(19)20-3/h10-13,23H,6-9H2,1-5H3,(H3,21,22,24,26);8-11,21H,6-7H2,1-5H3,(H3,19,20,22,24). The van der Waals surface area contributed by atoms with Crippen molar-refractivity contribution in [3.05, 3.63) is 47.8 Å². The number of hydrogen-bond acceptors (Lipinski definition) is 10. The Kier molecular flexibility index (Phi) is 16.4. The summed E-state index contributed by atoms with van der Waals surface area (Å²) in [6, 6.07) is 10.9. The van der Waals surface area contributed by atoms with E-state index >= 15 is 0 Å². The number of nitrogens with two attached hydrogens (primary N) is 2. The van der Waals surface area contributed by atoms with Gasteiger partial charge in [0.2, 0.25) is 0 Å². The molecule has 0 saturated heterocycles. The van der Waals surface area contributed by atoms with Crippen LogP contribution in [-0.2, 0) is 0 Å². The number of amides is 2. The number of likely N-dealkylation sites (N-methyl/N-ethyl adjacent to an activating group) is 2. The van der Waals surface area contributed by atoms with Crippen LogP contribution in [0.15, 0.2) is 46.4 Å². The van der Waals surface area contributed by atoms with Gasteiger partial charge in [0, 0.05) is 62.2 Å². The highest BCUT2D eigenvalue weighted by atomic mass is 16.5. The number of H-pyrrole nitrogens is 2. The zero-order valence-electron chi connectivity index (χ0n) is 33.3. The van der Waals surface area contributed by atoms with E-state index in [2.05, 4.69) is 49.3 Å². The number of aromatic amines is 2. The van der Waals surface area contributed by atoms with Crippen molar-refractivity contribution in [1.82, 2.24) is 30.4 Å². The first-order chi connectivity index (χ1) is 25.7. The average Bonchev–Trinajstić information content (AvgIpc) is 3.75. The van der Waals surface area contributed by atoms with E-state index in [4.69, 9.17) is 30.4 Å². The number of nitrogens with one attached hydrogen (secondary N) is 4. The second kappa shape index (κ2) is 20.7. The summed E-state index contributed by atoms with van der Waals surface area (Å²) in [6.45, 7) is 16.8. The molecule has 296 valence electrons. The molecular formula is C38H58N10O6. The monoisotopic (exact) mass is 750 g/mol. The summed E-state index contributed by atoms with van der Waals surface area (Å²) in [7, 11) is 6.99. The topological polar surface area (TPSA) is 210 Å². The highest BCUT2D eigenvalue weighted by Gasteiger charge is 2.17. The number of fused-ring (bicyclic) bond motifs is 2. The minimum Gasteiger partial charge on any atom is -0.492 e. The van der Waals surface area contributed by atoms with E-state index in [1.807, 2.05) is 71.0 Å². The summed E-state index contributed by atoms with van der Waals surface area (Å²) in [5, 5.41) is 6.64. The molecule has 0 aliphatic rings. The molecule has 2 aromatic carbocycles. The number of carbonyl (C=O) groups is 2. The molecule has 16 heteroatoms. The number of guanidine groups is 2. The first kappa shape index (κ1) is 42.9. The zero-order chi connectivity index (χ0) is 39.9. The average molecular weight is 751 g/mol. The molecule has 2 aromatic heterocycles. The van der Waals surface area contributed by atoms with E-state index in [1.165, 1.54) is 14.1 Å². The molecule has 16 nitrogen and oxygen atoms in total. The van der Waals surface area contributed by atoms with Gasteiger partial charge in [-0.1, -0.05) is 13.8 Å². The number of hydrogen-bond donors (Lipinski definition) is 6. The lowest BCUT2D eigenvalue weighted by molar-refractivity contribution is 0.0964. The number of nitrogens with zero attached hydrogens (tertiary/aromatic N) is 4. The van der Waals surface area contributed by atoms with Gasteiger partial charge in [-0.25, -0.2) is 0 Å². The van der Waals surface area contributed by atoms with Crippen LogP contribution in [0.3, 0.4) is 0 Å². The summed E-state index contributed by atoms with van der Waals surface area (Å²) in [6.07, 6.45) is -0.0190. The van der Waals surface area contributed by atoms with Gasteiger partial charge in [-0.3, -0.25) is 30.2 Å². The fraction of sp³-hybridized carbons (Fsp3) is 0.474. The molecule has 0 unspecified atom stereocenters. The van der Waals surface area contributed by atoms with Crippen LogP contribution in [0, 0.1) is 0 Å². The van der Waals surface area contributed by atoms with Crippen molar-refractivity contribution in [3.8, 4) is 23.0 Å². The fourth-order valence-electron chi connectivity index (χ4n) is 5.13. The lowest BCUT2D eigenvalue weighted by Gasteiger charge is -2.18. The van der Waals surface area contributed by atoms with E-state index in [1.54, 1.807) is 12.1 Å². The maximum Gasteiger partial charge on any atom is 0.274 e. The third-order valence-electron chi connectivity index (χ3n) is 7.90. The van der Waals surface area contributed by atoms with Gasteiger partial charge in [-0.05, 0) is 67.0 Å². The minimum atomic E-state index is -0.366. The molecule has 0 fully saturated rings. The summed E-state index contributed by atoms with van der Waals surface area (Å²) in [5.41, 5.74) is 13.4. The Morgan fingerprint density at radius 3 is 1.46 bits per heavy atom. The van der Waals surface area contributed by atoms with Crippen LogP contribution in [0.4, 0.5) is 0 Å². The second-order valence-corrected chi connectivity index (χ2v) is 13.1. The molecule has 4 aromatic rings. The Hall–Kier alpha value is -5.48. The summed E-state index contributed by atoms with van der Waals surface area (Å²) < 4.78 is 23.6. The van der Waals surface area contributed by atoms with Gasteiger partial charge in [0.25, 0.3) is 11.8 Å². The third-order valence-corrected chi connectivity index (χ3v) is 7.90. The Morgan fingerprint density at radius 2 is 1.11 bits per heavy atom. The molecule has 0 saturated carbocycles. The van der Waals surface area contributed by atoms with Crippen molar-refractivity contribution < 1.29 is 28.5 Å². The Balaban J connectivity index is 0.000000291. The quantitative estimate of drug-likeness (QED) is 0.0718. The number of aromatic nitrogens is 2. The van der Waals surface area contributed by atoms with Gasteiger partial charge in [0.1, 0.15) is 47.6 Å². The summed E-state index contributed by atoms with van der Waals surface area (Å²) in [5.74, 6) is 2.08. The van der Waals surface area contributed by atoms with Crippen LogP contribution in [0.1, 0.15) is 62.5 Å². The van der Waals surface area contributed by atoms with Crippen molar-refractivity contribution in [3.63, 3.8) is 0 Å². The number of aliphatic imine (C=N–C) groups is 2. The van der Waals surface area contributed by atoms with Crippen molar-refractivity contribution in [1.29, 1.82) is 0 Å². The van der Waals surface area contributed by atoms with Crippen LogP contribution in [0.5, 0.6) is 23.0 Å². The molecular weight excluding hydrogens is 692 g/mol. The maximum absolute atomic E-state index is 12.3. The molecule has 0 aliphatic carbocycles. The minimum absolute atomic E-state index is 0.00901. The summed E-state index contributed by atoms with van der Waals surface area (Å²) >= 11 is 0. The second-order valence-electron chi connectivity index (χ2n) is 13.1. The van der Waals surface area contributed by atoms with Crippen LogP contribution in [0.25, 0.3) is 21.8 Å². The van der Waals surface area contributed by atoms with E-state index < -0.39 is 0 Å². The number of benzene rings is 2. The Morgan fingerprint density at radius 1 is 0.704 bits per heavy atom. The predicted octanol–water partition coefficient (Wildman–Crippen LogP) is 3.92. The van der Waals surface area contributed by atoms with Crippen LogP contribution in [0.2, 0.25) is 0 Å². The Bertz CT molecular complexity index is 1890. The van der Waals surface area contributed by atoms with Gasteiger partial charge in [-0.2, -0.15) is 0 Å². The van der Waals surface area contributed by atoms with Crippen LogP contribution >= 0.6 is 0 Å².